The van der Waals surface area contributed by atoms with E-state index >= 15 is 0 Å². The summed E-state index contributed by atoms with van der Waals surface area (Å²) in [5.74, 6) is -1.98. The van der Waals surface area contributed by atoms with Crippen LogP contribution in [0.1, 0.15) is 44.9 Å². The van der Waals surface area contributed by atoms with Gasteiger partial charge in [0.25, 0.3) is 0 Å². The first-order chi connectivity index (χ1) is 20.4. The van der Waals surface area contributed by atoms with Crippen molar-refractivity contribution in [1.29, 1.82) is 0 Å². The molecule has 0 rings (SSSR count). The molecule has 0 bridgehead atoms. The van der Waals surface area contributed by atoms with Gasteiger partial charge in [0, 0.05) is 55.3 Å². The fourth-order valence-corrected chi connectivity index (χ4v) is 3.15. The van der Waals surface area contributed by atoms with E-state index < -0.39 is 17.9 Å². The van der Waals surface area contributed by atoms with Crippen LogP contribution >= 0.6 is 0 Å². The van der Waals surface area contributed by atoms with E-state index in [4.69, 9.17) is 30.0 Å². The predicted molar refractivity (Wildman–Crippen MR) is 149 cm³/mol. The van der Waals surface area contributed by atoms with E-state index in [1.807, 2.05) is 0 Å². The number of carbonyl (C=O) groups excluding carboxylic acids is 3. The molecule has 238 valence electrons. The van der Waals surface area contributed by atoms with Crippen LogP contribution in [-0.4, -0.2) is 114 Å². The van der Waals surface area contributed by atoms with Crippen molar-refractivity contribution in [3.8, 4) is 0 Å². The molecule has 42 heavy (non-hydrogen) atoms. The Kier molecular flexibility index (Phi) is 26.3. The number of unbranched alkanes of at least 4 members (excludes halogenated alkanes) is 1. The molecule has 0 aromatic heterocycles. The van der Waals surface area contributed by atoms with Crippen LogP contribution in [0.5, 0.6) is 0 Å². The number of rotatable bonds is 29. The number of hydrogen-bond donors (Lipinski definition) is 4. The largest absolute Gasteiger partial charge is 0.480 e. The fourth-order valence-electron chi connectivity index (χ4n) is 3.15. The lowest BCUT2D eigenvalue weighted by Crippen LogP contribution is -2.41. The van der Waals surface area contributed by atoms with E-state index in [0.717, 1.165) is 0 Å². The normalized spacial score (nSPS) is 11.0. The number of carbonyl (C=O) groups is 4. The van der Waals surface area contributed by atoms with Crippen molar-refractivity contribution in [2.75, 3.05) is 79.0 Å². The van der Waals surface area contributed by atoms with Crippen molar-refractivity contribution >= 4 is 23.7 Å². The maximum atomic E-state index is 12.1. The third-order valence-corrected chi connectivity index (χ3v) is 5.27. The summed E-state index contributed by atoms with van der Waals surface area (Å²) in [6, 6.07) is -1.04. The van der Waals surface area contributed by atoms with Crippen molar-refractivity contribution in [1.82, 2.24) is 16.0 Å². The van der Waals surface area contributed by atoms with Crippen molar-refractivity contribution in [3.05, 3.63) is 20.9 Å². The first kappa shape index (κ1) is 38.3. The number of amides is 3. The van der Waals surface area contributed by atoms with Crippen LogP contribution in [0, 0.1) is 0 Å². The Bertz CT molecular complexity index is 866. The van der Waals surface area contributed by atoms with E-state index in [2.05, 4.69) is 36.0 Å². The number of aliphatic carboxylic acids is 1. The molecule has 0 saturated heterocycles. The average molecular weight is 602 g/mol. The maximum absolute atomic E-state index is 12.1. The molecule has 18 nitrogen and oxygen atoms in total. The number of azide groups is 2. The summed E-state index contributed by atoms with van der Waals surface area (Å²) in [5.41, 5.74) is 16.3. The molecular weight excluding hydrogens is 558 g/mol. The van der Waals surface area contributed by atoms with E-state index in [9.17, 15) is 24.3 Å². The van der Waals surface area contributed by atoms with Gasteiger partial charge in [-0.15, -0.1) is 0 Å². The number of carboxylic acid groups (broad SMARTS) is 1. The first-order valence-corrected chi connectivity index (χ1v) is 13.8. The van der Waals surface area contributed by atoms with Gasteiger partial charge in [-0.05, 0) is 36.7 Å². The van der Waals surface area contributed by atoms with Gasteiger partial charge in [-0.1, -0.05) is 10.2 Å². The highest BCUT2D eigenvalue weighted by Crippen LogP contribution is 2.03. The molecule has 0 radical (unpaired) electrons. The molecule has 0 fully saturated rings. The molecule has 0 spiro atoms. The molecule has 0 aliphatic carbocycles. The van der Waals surface area contributed by atoms with Gasteiger partial charge in [-0.3, -0.25) is 14.4 Å². The van der Waals surface area contributed by atoms with Crippen molar-refractivity contribution in [3.63, 3.8) is 0 Å². The molecular formula is C24H43N9O9. The Morgan fingerprint density at radius 2 is 1.12 bits per heavy atom. The van der Waals surface area contributed by atoms with Gasteiger partial charge in [-0.25, -0.2) is 4.79 Å². The second-order valence-corrected chi connectivity index (χ2v) is 8.62. The monoisotopic (exact) mass is 601 g/mol. The van der Waals surface area contributed by atoms with Crippen LogP contribution in [0.15, 0.2) is 10.2 Å². The minimum Gasteiger partial charge on any atom is -0.480 e. The van der Waals surface area contributed by atoms with Crippen molar-refractivity contribution < 1.29 is 43.2 Å². The number of nitrogens with one attached hydrogen (secondary N) is 3. The summed E-state index contributed by atoms with van der Waals surface area (Å²) < 4.78 is 20.9. The summed E-state index contributed by atoms with van der Waals surface area (Å²) in [4.78, 5) is 52.5. The number of hydrogen-bond acceptors (Lipinski definition) is 10. The summed E-state index contributed by atoms with van der Waals surface area (Å²) >= 11 is 0. The van der Waals surface area contributed by atoms with Gasteiger partial charge in [-0.2, -0.15) is 0 Å². The van der Waals surface area contributed by atoms with Gasteiger partial charge in [0.1, 0.15) is 6.04 Å². The predicted octanol–water partition coefficient (Wildman–Crippen LogP) is 1.21. The number of ether oxygens (including phenoxy) is 4. The molecule has 0 aromatic rings. The van der Waals surface area contributed by atoms with Crippen LogP contribution in [0.25, 0.3) is 20.9 Å². The highest BCUT2D eigenvalue weighted by atomic mass is 16.5. The summed E-state index contributed by atoms with van der Waals surface area (Å²) in [5, 5.41) is 23.9. The lowest BCUT2D eigenvalue weighted by molar-refractivity contribution is -0.142. The van der Waals surface area contributed by atoms with Gasteiger partial charge in [0.05, 0.1) is 52.9 Å². The summed E-state index contributed by atoms with van der Waals surface area (Å²) in [6.45, 7) is 3.46. The highest BCUT2D eigenvalue weighted by molar-refractivity contribution is 5.83. The first-order valence-electron chi connectivity index (χ1n) is 13.8. The Hall–Kier alpha value is -3.66. The van der Waals surface area contributed by atoms with Crippen LogP contribution < -0.4 is 16.0 Å². The molecule has 0 aliphatic rings. The zero-order valence-electron chi connectivity index (χ0n) is 23.9. The van der Waals surface area contributed by atoms with Gasteiger partial charge in [0.15, 0.2) is 0 Å². The minimum absolute atomic E-state index is 0.0632. The Labute approximate surface area is 244 Å². The number of nitrogens with zero attached hydrogens (tertiary/aromatic N) is 6. The molecule has 1 unspecified atom stereocenters. The second-order valence-electron chi connectivity index (χ2n) is 8.62. The van der Waals surface area contributed by atoms with Crippen molar-refractivity contribution in [2.24, 2.45) is 10.2 Å². The Morgan fingerprint density at radius 3 is 1.60 bits per heavy atom. The molecule has 0 saturated carbocycles. The molecule has 4 N–H and O–H groups in total. The molecule has 1 atom stereocenters. The van der Waals surface area contributed by atoms with E-state index in [0.29, 0.717) is 65.4 Å². The Morgan fingerprint density at radius 1 is 0.643 bits per heavy atom. The van der Waals surface area contributed by atoms with Crippen LogP contribution in [0.4, 0.5) is 0 Å². The Balaban J connectivity index is 3.78. The van der Waals surface area contributed by atoms with Gasteiger partial charge in [0.2, 0.25) is 17.7 Å². The molecule has 0 aliphatic heterocycles. The molecule has 3 amide bonds. The number of carboxylic acids is 1. The smallest absolute Gasteiger partial charge is 0.326 e. The zero-order chi connectivity index (χ0) is 31.1. The lowest BCUT2D eigenvalue weighted by atomic mass is 10.1. The lowest BCUT2D eigenvalue weighted by Gasteiger charge is -2.15. The third kappa shape index (κ3) is 26.6. The van der Waals surface area contributed by atoms with E-state index in [1.165, 1.54) is 0 Å². The minimum atomic E-state index is -1.14. The standard InChI is InChI=1S/C24H43N9O9/c25-32-29-10-14-41-18-16-39-12-6-21(34)27-8-2-1-4-20(24(37)38)31-23(36)5-3-9-28-22(35)7-13-40-17-19-42-15-11-30-33-26/h20H,1-19H2,(H,27,34)(H,28,35)(H,31,36)(H,37,38). The van der Waals surface area contributed by atoms with Crippen LogP contribution in [0.3, 0.4) is 0 Å². The average Bonchev–Trinajstić information content (AvgIpc) is 2.96. The van der Waals surface area contributed by atoms with Crippen LogP contribution in [-0.2, 0) is 38.1 Å². The quantitative estimate of drug-likeness (QED) is 0.0415. The second kappa shape index (κ2) is 28.9. The topological polar surface area (TPSA) is 259 Å². The van der Waals surface area contributed by atoms with E-state index in [-0.39, 0.29) is 70.3 Å². The molecule has 0 aromatic carbocycles. The summed E-state index contributed by atoms with van der Waals surface area (Å²) in [7, 11) is 0. The maximum Gasteiger partial charge on any atom is 0.326 e. The molecule has 0 heterocycles. The third-order valence-electron chi connectivity index (χ3n) is 5.27. The van der Waals surface area contributed by atoms with Crippen LogP contribution in [0.2, 0.25) is 0 Å². The summed E-state index contributed by atoms with van der Waals surface area (Å²) in [6.07, 6.45) is 2.00. The fraction of sp³-hybridized carbons (Fsp3) is 0.833. The van der Waals surface area contributed by atoms with Gasteiger partial charge < -0.3 is 40.0 Å². The van der Waals surface area contributed by atoms with Crippen molar-refractivity contribution in [2.45, 2.75) is 51.0 Å². The molecule has 18 heteroatoms. The zero-order valence-corrected chi connectivity index (χ0v) is 23.9. The highest BCUT2D eigenvalue weighted by Gasteiger charge is 2.19. The van der Waals surface area contributed by atoms with Gasteiger partial charge >= 0.3 is 5.97 Å². The van der Waals surface area contributed by atoms with E-state index in [1.54, 1.807) is 0 Å². The SMILES string of the molecule is [N-]=[N+]=NCCOCCOCCC(=O)NCCCCC(NC(=O)CCCNC(=O)CCOCCOCCN=[N+]=[N-])C(=O)O.